The van der Waals surface area contributed by atoms with E-state index < -0.39 is 17.6 Å². The third kappa shape index (κ3) is 5.39. The number of nitrogens with one attached hydrogen (secondary N) is 2. The molecule has 2 aliphatic rings. The molecule has 12 heteroatoms. The number of amides is 1. The Morgan fingerprint density at radius 3 is 2.63 bits per heavy atom. The smallest absolute Gasteiger partial charge is 0.346 e. The Bertz CT molecular complexity index is 1470. The van der Waals surface area contributed by atoms with Gasteiger partial charge in [-0.2, -0.15) is 18.3 Å². The molecule has 0 bridgehead atoms. The van der Waals surface area contributed by atoms with Gasteiger partial charge in [0.25, 0.3) is 5.91 Å². The van der Waals surface area contributed by atoms with Crippen LogP contribution in [0.25, 0.3) is 11.0 Å². The minimum atomic E-state index is -4.49. The second kappa shape index (κ2) is 9.80. The molecular weight excluding hydrogens is 497 g/mol. The van der Waals surface area contributed by atoms with Crippen LogP contribution in [0.3, 0.4) is 0 Å². The number of hydrogen-bond donors (Lipinski definition) is 2. The molecule has 2 N–H and O–H groups in total. The first-order valence-corrected chi connectivity index (χ1v) is 12.9. The van der Waals surface area contributed by atoms with Gasteiger partial charge in [-0.1, -0.05) is 5.21 Å². The van der Waals surface area contributed by atoms with Gasteiger partial charge in [0.1, 0.15) is 0 Å². The quantitative estimate of drug-likeness (QED) is 0.292. The van der Waals surface area contributed by atoms with Crippen LogP contribution >= 0.6 is 0 Å². The van der Waals surface area contributed by atoms with Crippen molar-refractivity contribution in [2.45, 2.75) is 76.0 Å². The fourth-order valence-electron chi connectivity index (χ4n) is 4.80. The van der Waals surface area contributed by atoms with Crippen molar-refractivity contribution in [2.24, 2.45) is 0 Å². The number of rotatable bonds is 10. The summed E-state index contributed by atoms with van der Waals surface area (Å²) in [6.07, 6.45) is 6.58. The summed E-state index contributed by atoms with van der Waals surface area (Å²) in [5.41, 5.74) is 4.21. The van der Waals surface area contributed by atoms with Crippen LogP contribution in [0.1, 0.15) is 88.9 Å². The highest BCUT2D eigenvalue weighted by atomic mass is 19.4. The van der Waals surface area contributed by atoms with Crippen molar-refractivity contribution in [3.05, 3.63) is 64.5 Å². The van der Waals surface area contributed by atoms with Crippen molar-refractivity contribution in [1.29, 1.82) is 0 Å². The SMILES string of the molecule is O=C(NCc1cncc(C(F)(F)F)c1)c1cn(CCCCc2cc3c(C4CC4)c(C4CC4)[nH]c3nn2)nn1. The third-order valence-electron chi connectivity index (χ3n) is 7.07. The minimum Gasteiger partial charge on any atom is -0.346 e. The Balaban J connectivity index is 0.998. The molecule has 0 spiro atoms. The molecule has 198 valence electrons. The lowest BCUT2D eigenvalue weighted by Crippen LogP contribution is -2.23. The topological polar surface area (TPSA) is 114 Å². The fourth-order valence-corrected chi connectivity index (χ4v) is 4.80. The predicted molar refractivity (Wildman–Crippen MR) is 131 cm³/mol. The van der Waals surface area contributed by atoms with E-state index in [1.807, 2.05) is 0 Å². The number of aromatic nitrogens is 7. The van der Waals surface area contributed by atoms with Crippen molar-refractivity contribution in [1.82, 2.24) is 40.5 Å². The molecule has 38 heavy (non-hydrogen) atoms. The van der Waals surface area contributed by atoms with Gasteiger partial charge >= 0.3 is 6.18 Å². The number of hydrogen-bond acceptors (Lipinski definition) is 6. The van der Waals surface area contributed by atoms with E-state index >= 15 is 0 Å². The number of nitrogens with zero attached hydrogens (tertiary/aromatic N) is 6. The number of aryl methyl sites for hydroxylation is 2. The summed E-state index contributed by atoms with van der Waals surface area (Å²) in [6.45, 7) is 0.483. The molecule has 4 aromatic heterocycles. The molecule has 4 heterocycles. The van der Waals surface area contributed by atoms with Crippen LogP contribution in [-0.2, 0) is 25.7 Å². The lowest BCUT2D eigenvalue weighted by atomic mass is 10.0. The molecule has 0 aliphatic heterocycles. The van der Waals surface area contributed by atoms with Crippen molar-refractivity contribution < 1.29 is 18.0 Å². The molecule has 0 aromatic carbocycles. The van der Waals surface area contributed by atoms with Crippen molar-refractivity contribution in [3.63, 3.8) is 0 Å². The van der Waals surface area contributed by atoms with Gasteiger partial charge in [-0.25, -0.2) is 0 Å². The molecule has 2 saturated carbocycles. The average molecular weight is 525 g/mol. The van der Waals surface area contributed by atoms with E-state index in [-0.39, 0.29) is 17.8 Å². The maximum atomic E-state index is 12.8. The van der Waals surface area contributed by atoms with E-state index in [0.717, 1.165) is 42.9 Å². The van der Waals surface area contributed by atoms with Crippen molar-refractivity contribution in [3.8, 4) is 0 Å². The molecule has 0 atom stereocenters. The van der Waals surface area contributed by atoms with E-state index in [2.05, 4.69) is 41.9 Å². The average Bonchev–Trinajstić information content (AvgIpc) is 3.84. The van der Waals surface area contributed by atoms with E-state index in [1.165, 1.54) is 54.7 Å². The van der Waals surface area contributed by atoms with Crippen LogP contribution in [0.2, 0.25) is 0 Å². The summed E-state index contributed by atoms with van der Waals surface area (Å²) < 4.78 is 40.1. The number of aromatic amines is 1. The monoisotopic (exact) mass is 524 g/mol. The first kappa shape index (κ1) is 24.5. The summed E-state index contributed by atoms with van der Waals surface area (Å²) in [7, 11) is 0. The van der Waals surface area contributed by atoms with Crippen molar-refractivity contribution >= 4 is 16.9 Å². The molecular formula is C26H27F3N8O. The van der Waals surface area contributed by atoms with Gasteiger partial charge in [-0.15, -0.1) is 10.2 Å². The van der Waals surface area contributed by atoms with Gasteiger partial charge in [-0.05, 0) is 80.0 Å². The molecule has 0 unspecified atom stereocenters. The first-order chi connectivity index (χ1) is 18.3. The maximum Gasteiger partial charge on any atom is 0.417 e. The van der Waals surface area contributed by atoms with Gasteiger partial charge in [0.2, 0.25) is 0 Å². The summed E-state index contributed by atoms with van der Waals surface area (Å²) >= 11 is 0. The lowest BCUT2D eigenvalue weighted by Gasteiger charge is -2.08. The number of pyridine rings is 1. The molecule has 1 amide bonds. The zero-order valence-electron chi connectivity index (χ0n) is 20.6. The summed E-state index contributed by atoms with van der Waals surface area (Å²) in [4.78, 5) is 19.5. The summed E-state index contributed by atoms with van der Waals surface area (Å²) in [6, 6.07) is 3.15. The molecule has 6 rings (SSSR count). The standard InChI is InChI=1S/C26H27F3N8O/c27-26(28,29)18-9-15(11-30-13-18)12-31-25(38)21-14-37(36-34-21)8-2-1-3-19-10-20-22(16-4-5-16)23(17-6-7-17)32-24(20)35-33-19/h9-11,13-14,16-17H,1-8,12H2,(H,31,38)(H,32,35). The van der Waals surface area contributed by atoms with E-state index in [4.69, 9.17) is 0 Å². The van der Waals surface area contributed by atoms with Gasteiger partial charge < -0.3 is 10.3 Å². The number of fused-ring (bicyclic) bond motifs is 1. The summed E-state index contributed by atoms with van der Waals surface area (Å²) in [5, 5.41) is 20.6. The Morgan fingerprint density at radius 2 is 1.87 bits per heavy atom. The lowest BCUT2D eigenvalue weighted by molar-refractivity contribution is -0.137. The zero-order valence-corrected chi connectivity index (χ0v) is 20.6. The third-order valence-corrected chi connectivity index (χ3v) is 7.07. The van der Waals surface area contributed by atoms with Gasteiger partial charge in [-0.3, -0.25) is 14.5 Å². The number of carbonyl (C=O) groups excluding carboxylic acids is 1. The Kier molecular flexibility index (Phi) is 6.32. The normalized spacial score (nSPS) is 15.8. The van der Waals surface area contributed by atoms with E-state index in [9.17, 15) is 18.0 Å². The maximum absolute atomic E-state index is 12.8. The Morgan fingerprint density at radius 1 is 1.05 bits per heavy atom. The highest BCUT2D eigenvalue weighted by Gasteiger charge is 2.36. The Labute approximate surface area is 216 Å². The first-order valence-electron chi connectivity index (χ1n) is 12.9. The van der Waals surface area contributed by atoms with E-state index in [0.29, 0.717) is 18.4 Å². The van der Waals surface area contributed by atoms with Crippen LogP contribution in [-0.4, -0.2) is 41.1 Å². The molecule has 0 saturated heterocycles. The number of alkyl halides is 3. The minimum absolute atomic E-state index is 0.0975. The summed E-state index contributed by atoms with van der Waals surface area (Å²) in [5.74, 6) is 0.813. The number of halogens is 3. The van der Waals surface area contributed by atoms with Gasteiger partial charge in [0, 0.05) is 36.6 Å². The van der Waals surface area contributed by atoms with E-state index in [1.54, 1.807) is 4.68 Å². The molecule has 2 fully saturated rings. The second-order valence-electron chi connectivity index (χ2n) is 10.2. The van der Waals surface area contributed by atoms with Crippen LogP contribution in [0.5, 0.6) is 0 Å². The second-order valence-corrected chi connectivity index (χ2v) is 10.2. The molecule has 9 nitrogen and oxygen atoms in total. The van der Waals surface area contributed by atoms with Crippen molar-refractivity contribution in [2.75, 3.05) is 0 Å². The zero-order chi connectivity index (χ0) is 26.3. The fraction of sp³-hybridized carbons (Fsp3) is 0.462. The Hall–Kier alpha value is -3.83. The van der Waals surface area contributed by atoms with Crippen LogP contribution in [0.4, 0.5) is 13.2 Å². The molecule has 2 aliphatic carbocycles. The molecule has 0 radical (unpaired) electrons. The number of carbonyl (C=O) groups is 1. The molecule has 4 aromatic rings. The number of H-pyrrole nitrogens is 1. The van der Waals surface area contributed by atoms with Crippen LogP contribution in [0.15, 0.2) is 30.7 Å². The largest absolute Gasteiger partial charge is 0.417 e. The predicted octanol–water partition coefficient (Wildman–Crippen LogP) is 4.67. The van der Waals surface area contributed by atoms with Gasteiger partial charge in [0.15, 0.2) is 11.3 Å². The van der Waals surface area contributed by atoms with Gasteiger partial charge in [0.05, 0.1) is 17.5 Å². The van der Waals surface area contributed by atoms with Crippen LogP contribution in [0, 0.1) is 0 Å². The highest BCUT2D eigenvalue weighted by Crippen LogP contribution is 2.51. The highest BCUT2D eigenvalue weighted by molar-refractivity contribution is 5.91. The number of unbranched alkanes of at least 4 members (excludes halogenated alkanes) is 1. The van der Waals surface area contributed by atoms with Crippen LogP contribution < -0.4 is 5.32 Å².